The van der Waals surface area contributed by atoms with Gasteiger partial charge < -0.3 is 4.74 Å². The molecular weight excluding hydrogens is 150 g/mol. The highest BCUT2D eigenvalue weighted by molar-refractivity contribution is 5.88. The Hall–Kier alpha value is -0.790. The van der Waals surface area contributed by atoms with E-state index < -0.39 is 0 Å². The van der Waals surface area contributed by atoms with E-state index in [1.165, 1.54) is 19.3 Å². The molecule has 0 amide bonds. The highest BCUT2D eigenvalue weighted by Crippen LogP contribution is 2.01. The van der Waals surface area contributed by atoms with E-state index in [1.54, 1.807) is 0 Å². The maximum Gasteiger partial charge on any atom is 0.208 e. The molecular formula is C10H17NO. The number of aliphatic imine (C=N–C) groups is 1. The van der Waals surface area contributed by atoms with E-state index in [2.05, 4.69) is 18.0 Å². The molecule has 68 valence electrons. The minimum atomic E-state index is 0.759. The first-order valence-electron chi connectivity index (χ1n) is 4.77. The number of allylic oxidation sites excluding steroid dienone is 1. The number of unbranched alkanes of at least 4 members (excludes halogenated alkanes) is 3. The molecule has 0 aromatic heterocycles. The monoisotopic (exact) mass is 167 g/mol. The van der Waals surface area contributed by atoms with Crippen LogP contribution in [0, 0.1) is 0 Å². The van der Waals surface area contributed by atoms with Crippen molar-refractivity contribution in [3.63, 3.8) is 0 Å². The average molecular weight is 167 g/mol. The van der Waals surface area contributed by atoms with Crippen LogP contribution in [0.5, 0.6) is 0 Å². The van der Waals surface area contributed by atoms with E-state index in [4.69, 9.17) is 4.74 Å². The third-order valence-corrected chi connectivity index (χ3v) is 1.84. The second-order valence-corrected chi connectivity index (χ2v) is 2.97. The summed E-state index contributed by atoms with van der Waals surface area (Å²) in [5, 5.41) is 0. The second-order valence-electron chi connectivity index (χ2n) is 2.97. The Morgan fingerprint density at radius 1 is 1.50 bits per heavy atom. The Kier molecular flexibility index (Phi) is 4.50. The third-order valence-electron chi connectivity index (χ3n) is 1.84. The smallest absolute Gasteiger partial charge is 0.208 e. The first-order chi connectivity index (χ1) is 5.93. The van der Waals surface area contributed by atoms with Crippen LogP contribution in [0.15, 0.2) is 17.1 Å². The lowest BCUT2D eigenvalue weighted by Gasteiger charge is -1.93. The zero-order valence-corrected chi connectivity index (χ0v) is 7.75. The number of nitrogens with zero attached hydrogens (tertiary/aromatic N) is 1. The van der Waals surface area contributed by atoms with Crippen molar-refractivity contribution in [3.05, 3.63) is 12.2 Å². The van der Waals surface area contributed by atoms with Gasteiger partial charge >= 0.3 is 0 Å². The number of hydrogen-bond acceptors (Lipinski definition) is 2. The van der Waals surface area contributed by atoms with Gasteiger partial charge in [0.15, 0.2) is 0 Å². The van der Waals surface area contributed by atoms with Gasteiger partial charge in [-0.2, -0.15) is 0 Å². The van der Waals surface area contributed by atoms with Gasteiger partial charge in [-0.25, -0.2) is 4.99 Å². The normalized spacial score (nSPS) is 16.6. The molecule has 0 saturated carbocycles. The van der Waals surface area contributed by atoms with Gasteiger partial charge in [-0.15, -0.1) is 0 Å². The standard InChI is InChI=1S/C10H17NO/c1-2-3-4-5-6-7-10-11-8-9-12-10/h6-7H,2-5,8-9H2,1H3. The molecule has 0 aliphatic carbocycles. The van der Waals surface area contributed by atoms with Crippen molar-refractivity contribution in [1.82, 2.24) is 0 Å². The molecule has 1 aliphatic heterocycles. The van der Waals surface area contributed by atoms with Gasteiger partial charge in [0, 0.05) is 0 Å². The third kappa shape index (κ3) is 3.56. The minimum absolute atomic E-state index is 0.759. The van der Waals surface area contributed by atoms with Crippen LogP contribution in [0.4, 0.5) is 0 Å². The van der Waals surface area contributed by atoms with Crippen LogP contribution < -0.4 is 0 Å². The molecule has 0 N–H and O–H groups in total. The molecule has 0 aromatic rings. The van der Waals surface area contributed by atoms with E-state index in [0.717, 1.165) is 25.5 Å². The van der Waals surface area contributed by atoms with Crippen LogP contribution in [0.25, 0.3) is 0 Å². The summed E-state index contributed by atoms with van der Waals surface area (Å²) in [6.07, 6.45) is 9.17. The van der Waals surface area contributed by atoms with E-state index in [9.17, 15) is 0 Å². The van der Waals surface area contributed by atoms with Gasteiger partial charge in [-0.3, -0.25) is 0 Å². The highest BCUT2D eigenvalue weighted by atomic mass is 16.5. The van der Waals surface area contributed by atoms with Crippen LogP contribution >= 0.6 is 0 Å². The maximum atomic E-state index is 5.22. The summed E-state index contributed by atoms with van der Waals surface area (Å²) in [5.41, 5.74) is 0. The van der Waals surface area contributed by atoms with E-state index in [1.807, 2.05) is 6.08 Å². The Labute approximate surface area is 74.3 Å². The van der Waals surface area contributed by atoms with Gasteiger partial charge in [-0.05, 0) is 18.9 Å². The maximum absolute atomic E-state index is 5.22. The van der Waals surface area contributed by atoms with Crippen LogP contribution in [-0.2, 0) is 4.74 Å². The molecule has 0 saturated heterocycles. The van der Waals surface area contributed by atoms with Crippen LogP contribution in [0.1, 0.15) is 32.6 Å². The Bertz CT molecular complexity index is 173. The molecule has 0 aromatic carbocycles. The molecule has 12 heavy (non-hydrogen) atoms. The summed E-state index contributed by atoms with van der Waals surface area (Å²) in [7, 11) is 0. The first-order valence-corrected chi connectivity index (χ1v) is 4.77. The molecule has 1 rings (SSSR count). The van der Waals surface area contributed by atoms with Gasteiger partial charge in [0.1, 0.15) is 6.61 Å². The minimum Gasteiger partial charge on any atom is -0.476 e. The second kappa shape index (κ2) is 5.81. The molecule has 1 aliphatic rings. The predicted molar refractivity (Wildman–Crippen MR) is 51.5 cm³/mol. The number of hydrogen-bond donors (Lipinski definition) is 0. The van der Waals surface area contributed by atoms with Crippen LogP contribution in [0.2, 0.25) is 0 Å². The lowest BCUT2D eigenvalue weighted by Crippen LogP contribution is -1.92. The summed E-state index contributed by atoms with van der Waals surface area (Å²) in [4.78, 5) is 4.16. The highest BCUT2D eigenvalue weighted by Gasteiger charge is 2.00. The largest absolute Gasteiger partial charge is 0.476 e. The molecule has 0 bridgehead atoms. The summed E-state index contributed by atoms with van der Waals surface area (Å²) < 4.78 is 5.22. The number of rotatable bonds is 5. The quantitative estimate of drug-likeness (QED) is 0.577. The van der Waals surface area contributed by atoms with Crippen molar-refractivity contribution in [1.29, 1.82) is 0 Å². The topological polar surface area (TPSA) is 21.6 Å². The van der Waals surface area contributed by atoms with Crippen LogP contribution in [-0.4, -0.2) is 19.0 Å². The number of ether oxygens (including phenoxy) is 1. The molecule has 0 fully saturated rings. The molecule has 1 heterocycles. The lowest BCUT2D eigenvalue weighted by molar-refractivity contribution is 0.350. The van der Waals surface area contributed by atoms with Crippen molar-refractivity contribution in [3.8, 4) is 0 Å². The fourth-order valence-corrected chi connectivity index (χ4v) is 1.15. The van der Waals surface area contributed by atoms with E-state index >= 15 is 0 Å². The summed E-state index contributed by atoms with van der Waals surface area (Å²) in [6, 6.07) is 0. The van der Waals surface area contributed by atoms with Crippen molar-refractivity contribution in [2.24, 2.45) is 4.99 Å². The summed E-state index contributed by atoms with van der Waals surface area (Å²) in [6.45, 7) is 3.80. The van der Waals surface area contributed by atoms with Gasteiger partial charge in [-0.1, -0.05) is 25.8 Å². The summed E-state index contributed by atoms with van der Waals surface area (Å²) >= 11 is 0. The SMILES string of the molecule is CCCCCC=CC1=NCCO1. The van der Waals surface area contributed by atoms with Gasteiger partial charge in [0.2, 0.25) is 5.90 Å². The van der Waals surface area contributed by atoms with Gasteiger partial charge in [0.05, 0.1) is 6.54 Å². The average Bonchev–Trinajstić information content (AvgIpc) is 2.57. The molecule has 0 radical (unpaired) electrons. The van der Waals surface area contributed by atoms with Crippen molar-refractivity contribution >= 4 is 5.90 Å². The lowest BCUT2D eigenvalue weighted by atomic mass is 10.2. The van der Waals surface area contributed by atoms with E-state index in [0.29, 0.717) is 0 Å². The van der Waals surface area contributed by atoms with Crippen molar-refractivity contribution in [2.45, 2.75) is 32.6 Å². The van der Waals surface area contributed by atoms with Crippen molar-refractivity contribution < 1.29 is 4.74 Å². The van der Waals surface area contributed by atoms with E-state index in [-0.39, 0.29) is 0 Å². The van der Waals surface area contributed by atoms with Crippen molar-refractivity contribution in [2.75, 3.05) is 13.2 Å². The van der Waals surface area contributed by atoms with Gasteiger partial charge in [0.25, 0.3) is 0 Å². The molecule has 2 heteroatoms. The molecule has 2 nitrogen and oxygen atoms in total. The zero-order chi connectivity index (χ0) is 8.65. The summed E-state index contributed by atoms with van der Waals surface area (Å²) in [5.74, 6) is 0.812. The molecule has 0 atom stereocenters. The zero-order valence-electron chi connectivity index (χ0n) is 7.75. The Morgan fingerprint density at radius 3 is 3.08 bits per heavy atom. The predicted octanol–water partition coefficient (Wildman–Crippen LogP) is 2.55. The Morgan fingerprint density at radius 2 is 2.42 bits per heavy atom. The van der Waals surface area contributed by atoms with Crippen LogP contribution in [0.3, 0.4) is 0 Å². The molecule has 0 spiro atoms. The fourth-order valence-electron chi connectivity index (χ4n) is 1.15. The Balaban J connectivity index is 2.05. The molecule has 0 unspecified atom stereocenters. The first kappa shape index (κ1) is 9.30. The fraction of sp³-hybridized carbons (Fsp3) is 0.700.